The van der Waals surface area contributed by atoms with Gasteiger partial charge in [0.2, 0.25) is 11.0 Å². The number of carbonyl (C=O) groups is 1. The van der Waals surface area contributed by atoms with E-state index in [-0.39, 0.29) is 11.8 Å². The summed E-state index contributed by atoms with van der Waals surface area (Å²) in [5.74, 6) is 0.403. The molecule has 0 saturated heterocycles. The summed E-state index contributed by atoms with van der Waals surface area (Å²) in [6, 6.07) is 10.1. The van der Waals surface area contributed by atoms with Crippen LogP contribution in [-0.2, 0) is 11.2 Å². The predicted octanol–water partition coefficient (Wildman–Crippen LogP) is 4.40. The maximum atomic E-state index is 12.9. The van der Waals surface area contributed by atoms with Crippen molar-refractivity contribution in [2.75, 3.05) is 5.32 Å². The van der Waals surface area contributed by atoms with Crippen molar-refractivity contribution >= 4 is 22.4 Å². The second-order valence-electron chi connectivity index (χ2n) is 6.17. The van der Waals surface area contributed by atoms with E-state index in [1.54, 1.807) is 0 Å². The van der Waals surface area contributed by atoms with Crippen LogP contribution >= 0.6 is 11.3 Å². The molecule has 0 bridgehead atoms. The average Bonchev–Trinajstić information content (AvgIpc) is 3.22. The quantitative estimate of drug-likeness (QED) is 0.854. The lowest BCUT2D eigenvalue weighted by Crippen LogP contribution is -2.26. The molecule has 2 aromatic rings. The van der Waals surface area contributed by atoms with Gasteiger partial charge in [-0.1, -0.05) is 61.4 Å². The fraction of sp³-hybridized carbons (Fsp3) is 0.500. The van der Waals surface area contributed by atoms with Crippen molar-refractivity contribution in [1.29, 1.82) is 0 Å². The van der Waals surface area contributed by atoms with Gasteiger partial charge in [0, 0.05) is 6.42 Å². The number of nitrogens with zero attached hydrogens (tertiary/aromatic N) is 2. The second-order valence-corrected chi connectivity index (χ2v) is 7.24. The number of anilines is 1. The van der Waals surface area contributed by atoms with Crippen LogP contribution in [-0.4, -0.2) is 16.1 Å². The Kier molecular flexibility index (Phi) is 5.39. The Morgan fingerprint density at radius 1 is 1.26 bits per heavy atom. The second kappa shape index (κ2) is 7.68. The molecule has 1 aromatic carbocycles. The summed E-state index contributed by atoms with van der Waals surface area (Å²) < 4.78 is 0. The van der Waals surface area contributed by atoms with Crippen LogP contribution in [0.2, 0.25) is 0 Å². The summed E-state index contributed by atoms with van der Waals surface area (Å²) in [5, 5.41) is 12.9. The minimum atomic E-state index is -0.0859. The van der Waals surface area contributed by atoms with Gasteiger partial charge in [-0.2, -0.15) is 0 Å². The topological polar surface area (TPSA) is 54.9 Å². The third-order valence-corrected chi connectivity index (χ3v) is 5.37. The SMILES string of the molecule is CCCc1nnc(NC(=O)[C@@H](c2ccccc2)C2CCCC2)s1. The molecular weight excluding hydrogens is 306 g/mol. The Morgan fingerprint density at radius 3 is 2.70 bits per heavy atom. The molecule has 0 aliphatic heterocycles. The standard InChI is InChI=1S/C18H23N3OS/c1-2-8-15-20-21-18(23-15)19-17(22)16(14-11-6-7-12-14)13-9-4-3-5-10-13/h3-5,9-10,14,16H,2,6-8,11-12H2,1H3,(H,19,21,22)/t16-/m0/s1. The van der Waals surface area contributed by atoms with Gasteiger partial charge in [0.15, 0.2) is 0 Å². The lowest BCUT2D eigenvalue weighted by Gasteiger charge is -2.22. The lowest BCUT2D eigenvalue weighted by molar-refractivity contribution is -0.118. The monoisotopic (exact) mass is 329 g/mol. The molecule has 122 valence electrons. The summed E-state index contributed by atoms with van der Waals surface area (Å²) >= 11 is 1.49. The molecule has 1 aromatic heterocycles. The number of amides is 1. The van der Waals surface area contributed by atoms with E-state index in [1.807, 2.05) is 18.2 Å². The normalized spacial score (nSPS) is 16.4. The minimum absolute atomic E-state index is 0.0577. The van der Waals surface area contributed by atoms with Crippen molar-refractivity contribution in [1.82, 2.24) is 10.2 Å². The van der Waals surface area contributed by atoms with E-state index in [0.717, 1.165) is 36.3 Å². The number of hydrogen-bond acceptors (Lipinski definition) is 4. The van der Waals surface area contributed by atoms with E-state index in [1.165, 1.54) is 24.2 Å². The molecule has 1 N–H and O–H groups in total. The zero-order valence-electron chi connectivity index (χ0n) is 13.5. The Balaban J connectivity index is 1.76. The van der Waals surface area contributed by atoms with Gasteiger partial charge in [0.1, 0.15) is 5.01 Å². The number of hydrogen-bond donors (Lipinski definition) is 1. The highest BCUT2D eigenvalue weighted by Gasteiger charge is 2.32. The van der Waals surface area contributed by atoms with Crippen molar-refractivity contribution in [2.45, 2.75) is 51.4 Å². The molecule has 1 fully saturated rings. The fourth-order valence-corrected chi connectivity index (χ4v) is 4.24. The van der Waals surface area contributed by atoms with E-state index in [4.69, 9.17) is 0 Å². The molecule has 1 aliphatic rings. The molecule has 4 nitrogen and oxygen atoms in total. The highest BCUT2D eigenvalue weighted by molar-refractivity contribution is 7.15. The van der Waals surface area contributed by atoms with E-state index >= 15 is 0 Å². The zero-order chi connectivity index (χ0) is 16.1. The maximum Gasteiger partial charge on any atom is 0.234 e. The zero-order valence-corrected chi connectivity index (χ0v) is 14.3. The van der Waals surface area contributed by atoms with Gasteiger partial charge >= 0.3 is 0 Å². The van der Waals surface area contributed by atoms with Crippen LogP contribution in [0.15, 0.2) is 30.3 Å². The van der Waals surface area contributed by atoms with E-state index in [2.05, 4.69) is 34.6 Å². The first-order valence-electron chi connectivity index (χ1n) is 8.46. The third kappa shape index (κ3) is 3.96. The first-order valence-corrected chi connectivity index (χ1v) is 9.27. The molecule has 1 aliphatic carbocycles. The maximum absolute atomic E-state index is 12.9. The molecule has 3 rings (SSSR count). The van der Waals surface area contributed by atoms with E-state index < -0.39 is 0 Å². The largest absolute Gasteiger partial charge is 0.300 e. The summed E-state index contributed by atoms with van der Waals surface area (Å²) in [4.78, 5) is 12.9. The molecule has 5 heteroatoms. The smallest absolute Gasteiger partial charge is 0.234 e. The Hall–Kier alpha value is -1.75. The number of carbonyl (C=O) groups excluding carboxylic acids is 1. The van der Waals surface area contributed by atoms with Crippen LogP contribution in [0.25, 0.3) is 0 Å². The summed E-state index contributed by atoms with van der Waals surface area (Å²) in [6.45, 7) is 2.12. The van der Waals surface area contributed by atoms with Gasteiger partial charge in [-0.05, 0) is 30.7 Å². The van der Waals surface area contributed by atoms with Gasteiger partial charge in [0.25, 0.3) is 0 Å². The highest BCUT2D eigenvalue weighted by Crippen LogP contribution is 2.38. The number of rotatable bonds is 6. The Labute approximate surface area is 141 Å². The number of aromatic nitrogens is 2. The first kappa shape index (κ1) is 16.1. The molecule has 1 saturated carbocycles. The molecule has 1 atom stereocenters. The van der Waals surface area contributed by atoms with Crippen molar-refractivity contribution in [3.63, 3.8) is 0 Å². The van der Waals surface area contributed by atoms with Crippen LogP contribution < -0.4 is 5.32 Å². The Morgan fingerprint density at radius 2 is 2.00 bits per heavy atom. The van der Waals surface area contributed by atoms with Crippen LogP contribution in [0.5, 0.6) is 0 Å². The lowest BCUT2D eigenvalue weighted by atomic mass is 9.84. The molecular formula is C18H23N3OS. The molecule has 0 spiro atoms. The predicted molar refractivity (Wildman–Crippen MR) is 93.7 cm³/mol. The van der Waals surface area contributed by atoms with Crippen molar-refractivity contribution in [3.05, 3.63) is 40.9 Å². The molecule has 1 heterocycles. The van der Waals surface area contributed by atoms with Crippen LogP contribution in [0.1, 0.15) is 55.5 Å². The van der Waals surface area contributed by atoms with Gasteiger partial charge in [-0.15, -0.1) is 10.2 Å². The summed E-state index contributed by atoms with van der Waals surface area (Å²) in [5.41, 5.74) is 1.11. The van der Waals surface area contributed by atoms with Gasteiger partial charge in [-0.3, -0.25) is 10.1 Å². The average molecular weight is 329 g/mol. The molecule has 1 amide bonds. The summed E-state index contributed by atoms with van der Waals surface area (Å²) in [7, 11) is 0. The fourth-order valence-electron chi connectivity index (χ4n) is 3.39. The van der Waals surface area contributed by atoms with Crippen molar-refractivity contribution < 1.29 is 4.79 Å². The van der Waals surface area contributed by atoms with Crippen LogP contribution in [0, 0.1) is 5.92 Å². The van der Waals surface area contributed by atoms with Crippen LogP contribution in [0.4, 0.5) is 5.13 Å². The minimum Gasteiger partial charge on any atom is -0.300 e. The summed E-state index contributed by atoms with van der Waals surface area (Å²) in [6.07, 6.45) is 6.66. The molecule has 0 unspecified atom stereocenters. The first-order chi connectivity index (χ1) is 11.3. The van der Waals surface area contributed by atoms with Crippen molar-refractivity contribution in [2.24, 2.45) is 5.92 Å². The third-order valence-electron chi connectivity index (χ3n) is 4.47. The number of nitrogens with one attached hydrogen (secondary N) is 1. The molecule has 0 radical (unpaired) electrons. The Bertz CT molecular complexity index is 635. The molecule has 23 heavy (non-hydrogen) atoms. The van der Waals surface area contributed by atoms with Gasteiger partial charge < -0.3 is 0 Å². The number of aryl methyl sites for hydroxylation is 1. The van der Waals surface area contributed by atoms with Gasteiger partial charge in [0.05, 0.1) is 5.92 Å². The highest BCUT2D eigenvalue weighted by atomic mass is 32.1. The number of benzene rings is 1. The van der Waals surface area contributed by atoms with Gasteiger partial charge in [-0.25, -0.2) is 0 Å². The van der Waals surface area contributed by atoms with E-state index in [0.29, 0.717) is 11.0 Å². The van der Waals surface area contributed by atoms with Crippen LogP contribution in [0.3, 0.4) is 0 Å². The van der Waals surface area contributed by atoms with E-state index in [9.17, 15) is 4.79 Å². The van der Waals surface area contributed by atoms with Crippen molar-refractivity contribution in [3.8, 4) is 0 Å².